The van der Waals surface area contributed by atoms with Crippen LogP contribution in [0.25, 0.3) is 21.9 Å². The highest BCUT2D eigenvalue weighted by molar-refractivity contribution is 14.1. The summed E-state index contributed by atoms with van der Waals surface area (Å²) in [4.78, 5) is 12.8. The maximum Gasteiger partial charge on any atom is 0.534 e. The molecule has 1 heterocycles. The Morgan fingerprint density at radius 2 is 1.03 bits per heavy atom. The van der Waals surface area contributed by atoms with Crippen LogP contribution in [0.5, 0.6) is 11.5 Å². The molecule has 0 aliphatic carbocycles. The van der Waals surface area contributed by atoms with E-state index in [1.165, 1.54) is 45.2 Å². The van der Waals surface area contributed by atoms with E-state index in [2.05, 4.69) is 8.37 Å². The van der Waals surface area contributed by atoms with E-state index in [0.29, 0.717) is 0 Å². The third-order valence-electron chi connectivity index (χ3n) is 3.78. The van der Waals surface area contributed by atoms with Crippen molar-refractivity contribution in [3.63, 3.8) is 0 Å². The SMILES string of the molecule is O=c1c2ccc(OS(=O)(=O)C(F)(F)F)c(I)c2oc2c(I)c(OS(=O)(=O)C(F)(F)F)ccc12. The molecule has 0 amide bonds. The molecule has 1 aromatic heterocycles. The standard InChI is InChI=1S/C15H4F6I2O8S2/c16-14(17,18)32(25,26)30-7-3-1-5-11(24)6-2-4-8(31-33(27,28)15(19,20)21)10(23)13(6)29-12(5)9(7)22/h1-4H. The molecule has 3 rings (SSSR count). The van der Waals surface area contributed by atoms with E-state index in [1.807, 2.05) is 0 Å². The molecular formula is C15H4F6I2O8S2. The largest absolute Gasteiger partial charge is 0.534 e. The minimum absolute atomic E-state index is 0.226. The Morgan fingerprint density at radius 3 is 1.33 bits per heavy atom. The summed E-state index contributed by atoms with van der Waals surface area (Å²) >= 11 is 2.68. The normalized spacial score (nSPS) is 13.5. The van der Waals surface area contributed by atoms with Crippen LogP contribution in [0, 0.1) is 7.14 Å². The second-order valence-electron chi connectivity index (χ2n) is 5.91. The molecule has 8 nitrogen and oxygen atoms in total. The number of benzene rings is 2. The third-order valence-corrected chi connectivity index (χ3v) is 7.76. The van der Waals surface area contributed by atoms with Gasteiger partial charge in [0.15, 0.2) is 22.7 Å². The van der Waals surface area contributed by atoms with Gasteiger partial charge in [0, 0.05) is 0 Å². The predicted octanol–water partition coefficient (Wildman–Crippen LogP) is 4.61. The van der Waals surface area contributed by atoms with Crippen LogP contribution in [0.15, 0.2) is 33.5 Å². The number of alkyl halides is 6. The molecule has 180 valence electrons. The first-order chi connectivity index (χ1) is 14.9. The maximum absolute atomic E-state index is 12.8. The third kappa shape index (κ3) is 4.70. The quantitative estimate of drug-likeness (QED) is 0.125. The zero-order valence-corrected chi connectivity index (χ0v) is 20.9. The molecular weight excluding hydrogens is 740 g/mol. The summed E-state index contributed by atoms with van der Waals surface area (Å²) in [6.07, 6.45) is 0. The first-order valence-electron chi connectivity index (χ1n) is 7.76. The van der Waals surface area contributed by atoms with Gasteiger partial charge in [0.1, 0.15) is 7.14 Å². The van der Waals surface area contributed by atoms with Gasteiger partial charge in [-0.15, -0.1) is 0 Å². The summed E-state index contributed by atoms with van der Waals surface area (Å²) in [5.41, 5.74) is -13.2. The average Bonchev–Trinajstić information content (AvgIpc) is 2.65. The van der Waals surface area contributed by atoms with Gasteiger partial charge in [-0.2, -0.15) is 43.2 Å². The maximum atomic E-state index is 12.8. The van der Waals surface area contributed by atoms with Crippen molar-refractivity contribution in [3.8, 4) is 11.5 Å². The van der Waals surface area contributed by atoms with E-state index in [1.54, 1.807) is 0 Å². The molecule has 3 aromatic rings. The highest BCUT2D eigenvalue weighted by atomic mass is 127. The zero-order chi connectivity index (χ0) is 25.1. The topological polar surface area (TPSA) is 117 Å². The Balaban J connectivity index is 2.25. The first kappa shape index (κ1) is 26.1. The Morgan fingerprint density at radius 1 is 0.697 bits per heavy atom. The fraction of sp³-hybridized carbons (Fsp3) is 0.133. The van der Waals surface area contributed by atoms with Gasteiger partial charge in [-0.05, 0) is 69.4 Å². The van der Waals surface area contributed by atoms with Gasteiger partial charge in [0.05, 0.1) is 10.8 Å². The second-order valence-corrected chi connectivity index (χ2v) is 11.1. The lowest BCUT2D eigenvalue weighted by atomic mass is 10.1. The molecule has 0 saturated heterocycles. The Labute approximate surface area is 206 Å². The summed E-state index contributed by atoms with van der Waals surface area (Å²) < 4.78 is 134. The van der Waals surface area contributed by atoms with E-state index < -0.39 is 59.3 Å². The molecule has 2 aromatic carbocycles. The van der Waals surface area contributed by atoms with Gasteiger partial charge in [0.2, 0.25) is 5.43 Å². The lowest BCUT2D eigenvalue weighted by molar-refractivity contribution is -0.0505. The van der Waals surface area contributed by atoms with Crippen molar-refractivity contribution in [2.75, 3.05) is 0 Å². The molecule has 18 heteroatoms. The second kappa shape index (κ2) is 8.29. The summed E-state index contributed by atoms with van der Waals surface area (Å²) in [5.74, 6) is -1.69. The summed E-state index contributed by atoms with van der Waals surface area (Å²) in [5, 5.41) is -0.452. The molecule has 0 aliphatic rings. The van der Waals surface area contributed by atoms with Crippen LogP contribution < -0.4 is 13.8 Å². The fourth-order valence-electron chi connectivity index (χ4n) is 2.34. The van der Waals surface area contributed by atoms with Gasteiger partial charge >= 0.3 is 31.3 Å². The molecule has 0 bridgehead atoms. The van der Waals surface area contributed by atoms with E-state index >= 15 is 0 Å². The van der Waals surface area contributed by atoms with Gasteiger partial charge in [-0.1, -0.05) is 0 Å². The molecule has 33 heavy (non-hydrogen) atoms. The molecule has 0 saturated carbocycles. The number of hydrogen-bond acceptors (Lipinski definition) is 8. The van der Waals surface area contributed by atoms with Gasteiger partial charge in [-0.3, -0.25) is 4.79 Å². The fourth-order valence-corrected chi connectivity index (χ4v) is 4.96. The molecule has 0 atom stereocenters. The van der Waals surface area contributed by atoms with Crippen LogP contribution in [-0.2, 0) is 20.2 Å². The van der Waals surface area contributed by atoms with Crippen LogP contribution >= 0.6 is 45.2 Å². The number of fused-ring (bicyclic) bond motifs is 2. The molecule has 0 spiro atoms. The first-order valence-corrected chi connectivity index (χ1v) is 12.7. The van der Waals surface area contributed by atoms with Crippen LogP contribution in [-0.4, -0.2) is 27.9 Å². The van der Waals surface area contributed by atoms with Crippen LogP contribution in [0.2, 0.25) is 0 Å². The minimum Gasteiger partial charge on any atom is -0.453 e. The van der Waals surface area contributed by atoms with Crippen molar-refractivity contribution in [2.45, 2.75) is 11.0 Å². The molecule has 0 radical (unpaired) electrons. The zero-order valence-electron chi connectivity index (χ0n) is 14.9. The minimum atomic E-state index is -6.06. The van der Waals surface area contributed by atoms with Crippen molar-refractivity contribution < 1.29 is 56.0 Å². The summed E-state index contributed by atoms with van der Waals surface area (Å²) in [6, 6.07) is 3.42. The van der Waals surface area contributed by atoms with Crippen molar-refractivity contribution in [3.05, 3.63) is 41.6 Å². The highest BCUT2D eigenvalue weighted by Gasteiger charge is 2.49. The number of hydrogen-bond donors (Lipinski definition) is 0. The average molecular weight is 744 g/mol. The lowest BCUT2D eigenvalue weighted by Gasteiger charge is -2.13. The molecule has 0 unspecified atom stereocenters. The smallest absolute Gasteiger partial charge is 0.453 e. The van der Waals surface area contributed by atoms with Crippen molar-refractivity contribution in [1.29, 1.82) is 0 Å². The molecule has 0 N–H and O–H groups in total. The van der Waals surface area contributed by atoms with Crippen LogP contribution in [0.1, 0.15) is 0 Å². The number of halogens is 8. The number of rotatable bonds is 4. The van der Waals surface area contributed by atoms with Gasteiger partial charge in [-0.25, -0.2) is 0 Å². The van der Waals surface area contributed by atoms with Crippen molar-refractivity contribution in [1.82, 2.24) is 0 Å². The van der Waals surface area contributed by atoms with Crippen LogP contribution in [0.4, 0.5) is 26.3 Å². The highest BCUT2D eigenvalue weighted by Crippen LogP contribution is 2.37. The van der Waals surface area contributed by atoms with E-state index in [4.69, 9.17) is 4.42 Å². The van der Waals surface area contributed by atoms with Crippen molar-refractivity contribution >= 4 is 87.4 Å². The van der Waals surface area contributed by atoms with E-state index in [9.17, 15) is 48.0 Å². The summed E-state index contributed by atoms with van der Waals surface area (Å²) in [7, 11) is -12.1. The predicted molar refractivity (Wildman–Crippen MR) is 117 cm³/mol. The molecule has 0 fully saturated rings. The Bertz CT molecular complexity index is 1450. The molecule has 0 aliphatic heterocycles. The Kier molecular flexibility index (Phi) is 6.55. The summed E-state index contributed by atoms with van der Waals surface area (Å²) in [6.45, 7) is 0. The van der Waals surface area contributed by atoms with E-state index in [0.717, 1.165) is 24.3 Å². The monoisotopic (exact) mass is 744 g/mol. The van der Waals surface area contributed by atoms with Gasteiger partial charge in [0.25, 0.3) is 0 Å². The van der Waals surface area contributed by atoms with Crippen molar-refractivity contribution in [2.24, 2.45) is 0 Å². The lowest BCUT2D eigenvalue weighted by Crippen LogP contribution is -2.28. The van der Waals surface area contributed by atoms with E-state index in [-0.39, 0.29) is 17.9 Å². The Hall–Kier alpha value is -1.55. The van der Waals surface area contributed by atoms with Crippen LogP contribution in [0.3, 0.4) is 0 Å². The van der Waals surface area contributed by atoms with Gasteiger partial charge < -0.3 is 12.8 Å².